The first kappa shape index (κ1) is 10.3. The normalized spacial score (nSPS) is 9.64. The highest BCUT2D eigenvalue weighted by Gasteiger charge is 2.16. The van der Waals surface area contributed by atoms with E-state index in [4.69, 9.17) is 10.5 Å². The van der Waals surface area contributed by atoms with Gasteiger partial charge in [-0.1, -0.05) is 0 Å². The summed E-state index contributed by atoms with van der Waals surface area (Å²) in [5, 5.41) is 0. The van der Waals surface area contributed by atoms with E-state index in [1.54, 1.807) is 0 Å². The third-order valence-corrected chi connectivity index (χ3v) is 1.76. The Bertz CT molecular complexity index is 365. The number of hydrogen-bond donors (Lipinski definition) is 1. The summed E-state index contributed by atoms with van der Waals surface area (Å²) in [5.41, 5.74) is 5.54. The molecule has 0 bridgehead atoms. The molecule has 1 rings (SSSR count). The van der Waals surface area contributed by atoms with Crippen molar-refractivity contribution in [2.75, 3.05) is 20.0 Å². The van der Waals surface area contributed by atoms with Crippen LogP contribution in [0.2, 0.25) is 0 Å². The van der Waals surface area contributed by atoms with Crippen molar-refractivity contribution in [2.45, 2.75) is 0 Å². The average molecular weight is 199 g/mol. The lowest BCUT2D eigenvalue weighted by molar-refractivity contribution is 0.0601. The number of esters is 1. The van der Waals surface area contributed by atoms with Crippen molar-refractivity contribution in [1.82, 2.24) is 0 Å². The predicted molar refractivity (Wildman–Crippen MR) is 48.7 cm³/mol. The largest absolute Gasteiger partial charge is 0.492 e. The molecule has 0 atom stereocenters. The summed E-state index contributed by atoms with van der Waals surface area (Å²) in [6, 6.07) is 2.35. The van der Waals surface area contributed by atoms with Gasteiger partial charge < -0.3 is 15.2 Å². The van der Waals surface area contributed by atoms with Gasteiger partial charge in [-0.25, -0.2) is 9.18 Å². The molecule has 1 aromatic rings. The second-order valence-electron chi connectivity index (χ2n) is 2.53. The van der Waals surface area contributed by atoms with Crippen molar-refractivity contribution in [1.29, 1.82) is 0 Å². The molecule has 0 radical (unpaired) electrons. The molecular weight excluding hydrogens is 189 g/mol. The van der Waals surface area contributed by atoms with Crippen molar-refractivity contribution in [3.05, 3.63) is 23.5 Å². The second kappa shape index (κ2) is 3.95. The molecular formula is C9H10FNO3. The van der Waals surface area contributed by atoms with Crippen LogP contribution in [0.1, 0.15) is 10.4 Å². The number of methoxy groups -OCH3 is 2. The molecule has 0 fully saturated rings. The Kier molecular flexibility index (Phi) is 2.91. The number of halogens is 1. The summed E-state index contributed by atoms with van der Waals surface area (Å²) in [5.74, 6) is -1.38. The minimum atomic E-state index is -0.624. The molecule has 0 saturated heterocycles. The molecule has 0 unspecified atom stereocenters. The molecule has 0 aromatic heterocycles. The highest BCUT2D eigenvalue weighted by atomic mass is 19.1. The quantitative estimate of drug-likeness (QED) is 0.574. The van der Waals surface area contributed by atoms with E-state index in [1.807, 2.05) is 0 Å². The van der Waals surface area contributed by atoms with E-state index in [0.29, 0.717) is 0 Å². The van der Waals surface area contributed by atoms with Crippen LogP contribution in [-0.2, 0) is 4.74 Å². The number of nitrogens with two attached hydrogens (primary N) is 1. The zero-order valence-corrected chi connectivity index (χ0v) is 7.83. The fourth-order valence-electron chi connectivity index (χ4n) is 1.07. The van der Waals surface area contributed by atoms with Gasteiger partial charge in [-0.05, 0) is 12.1 Å². The monoisotopic (exact) mass is 199 g/mol. The lowest BCUT2D eigenvalue weighted by atomic mass is 10.1. The standard InChI is InChI=1S/C9H10FNO3/c1-13-8-6(10)4-3-5(7(8)11)9(12)14-2/h3-4H,11H2,1-2H3. The van der Waals surface area contributed by atoms with Crippen molar-refractivity contribution < 1.29 is 18.7 Å². The van der Waals surface area contributed by atoms with Crippen molar-refractivity contribution in [3.63, 3.8) is 0 Å². The number of carbonyl (C=O) groups excluding carboxylic acids is 1. The molecule has 2 N–H and O–H groups in total. The molecule has 0 amide bonds. The third-order valence-electron chi connectivity index (χ3n) is 1.76. The molecule has 0 aliphatic carbocycles. The molecule has 0 saturated carbocycles. The van der Waals surface area contributed by atoms with Crippen LogP contribution in [0.15, 0.2) is 12.1 Å². The minimum absolute atomic E-state index is 0.0562. The first-order valence-electron chi connectivity index (χ1n) is 3.82. The molecule has 0 aliphatic rings. The van der Waals surface area contributed by atoms with Gasteiger partial charge in [-0.3, -0.25) is 0 Å². The van der Waals surface area contributed by atoms with Crippen molar-refractivity contribution in [3.8, 4) is 5.75 Å². The minimum Gasteiger partial charge on any atom is -0.492 e. The summed E-state index contributed by atoms with van der Waals surface area (Å²) in [7, 11) is 2.49. The van der Waals surface area contributed by atoms with Crippen molar-refractivity contribution in [2.24, 2.45) is 0 Å². The Labute approximate surface area is 80.4 Å². The molecule has 4 nitrogen and oxygen atoms in total. The Morgan fingerprint density at radius 2 is 2.07 bits per heavy atom. The van der Waals surface area contributed by atoms with Gasteiger partial charge in [0.05, 0.1) is 25.5 Å². The molecule has 5 heteroatoms. The van der Waals surface area contributed by atoms with E-state index < -0.39 is 11.8 Å². The molecule has 1 aromatic carbocycles. The zero-order valence-electron chi connectivity index (χ0n) is 7.83. The number of ether oxygens (including phenoxy) is 2. The van der Waals surface area contributed by atoms with E-state index in [2.05, 4.69) is 4.74 Å². The lowest BCUT2D eigenvalue weighted by Crippen LogP contribution is -2.07. The fraction of sp³-hybridized carbons (Fsp3) is 0.222. The Hall–Kier alpha value is -1.78. The van der Waals surface area contributed by atoms with Crippen LogP contribution in [-0.4, -0.2) is 20.2 Å². The highest BCUT2D eigenvalue weighted by molar-refractivity contribution is 5.96. The van der Waals surface area contributed by atoms with Gasteiger partial charge in [0.1, 0.15) is 0 Å². The van der Waals surface area contributed by atoms with Gasteiger partial charge in [0.2, 0.25) is 0 Å². The number of nitrogen functional groups attached to an aromatic ring is 1. The van der Waals surface area contributed by atoms with E-state index in [9.17, 15) is 9.18 Å². The van der Waals surface area contributed by atoms with Crippen LogP contribution in [0.25, 0.3) is 0 Å². The SMILES string of the molecule is COC(=O)c1ccc(F)c(OC)c1N. The molecule has 0 heterocycles. The smallest absolute Gasteiger partial charge is 0.340 e. The average Bonchev–Trinajstić information content (AvgIpc) is 2.18. The Balaban J connectivity index is 3.28. The van der Waals surface area contributed by atoms with Crippen LogP contribution in [0.4, 0.5) is 10.1 Å². The highest BCUT2D eigenvalue weighted by Crippen LogP contribution is 2.28. The van der Waals surface area contributed by atoms with Crippen LogP contribution < -0.4 is 10.5 Å². The maximum absolute atomic E-state index is 13.0. The molecule has 14 heavy (non-hydrogen) atoms. The van der Waals surface area contributed by atoms with E-state index in [-0.39, 0.29) is 17.0 Å². The lowest BCUT2D eigenvalue weighted by Gasteiger charge is -2.08. The van der Waals surface area contributed by atoms with Crippen LogP contribution in [0.5, 0.6) is 5.75 Å². The summed E-state index contributed by atoms with van der Waals surface area (Å²) >= 11 is 0. The summed E-state index contributed by atoms with van der Waals surface area (Å²) in [4.78, 5) is 11.1. The van der Waals surface area contributed by atoms with Gasteiger partial charge in [0.25, 0.3) is 0 Å². The summed E-state index contributed by atoms with van der Waals surface area (Å²) in [6.07, 6.45) is 0. The van der Waals surface area contributed by atoms with Crippen molar-refractivity contribution >= 4 is 11.7 Å². The van der Waals surface area contributed by atoms with E-state index >= 15 is 0 Å². The number of anilines is 1. The number of benzene rings is 1. The van der Waals surface area contributed by atoms with Crippen LogP contribution in [0.3, 0.4) is 0 Å². The Morgan fingerprint density at radius 1 is 1.43 bits per heavy atom. The second-order valence-corrected chi connectivity index (χ2v) is 2.53. The first-order valence-corrected chi connectivity index (χ1v) is 3.82. The zero-order chi connectivity index (χ0) is 10.7. The van der Waals surface area contributed by atoms with E-state index in [0.717, 1.165) is 6.07 Å². The van der Waals surface area contributed by atoms with Gasteiger partial charge in [-0.2, -0.15) is 0 Å². The summed E-state index contributed by atoms with van der Waals surface area (Å²) in [6.45, 7) is 0. The topological polar surface area (TPSA) is 61.5 Å². The molecule has 76 valence electrons. The summed E-state index contributed by atoms with van der Waals surface area (Å²) < 4.78 is 22.2. The van der Waals surface area contributed by atoms with Gasteiger partial charge in [0.15, 0.2) is 11.6 Å². The van der Waals surface area contributed by atoms with Gasteiger partial charge >= 0.3 is 5.97 Å². The molecule has 0 spiro atoms. The number of rotatable bonds is 2. The Morgan fingerprint density at radius 3 is 2.57 bits per heavy atom. The number of hydrogen-bond acceptors (Lipinski definition) is 4. The van der Waals surface area contributed by atoms with Crippen LogP contribution >= 0.6 is 0 Å². The third kappa shape index (κ3) is 1.61. The predicted octanol–water partition coefficient (Wildman–Crippen LogP) is 1.20. The maximum Gasteiger partial charge on any atom is 0.340 e. The van der Waals surface area contributed by atoms with E-state index in [1.165, 1.54) is 20.3 Å². The van der Waals surface area contributed by atoms with Crippen LogP contribution in [0, 0.1) is 5.82 Å². The maximum atomic E-state index is 13.0. The first-order chi connectivity index (χ1) is 6.61. The molecule has 0 aliphatic heterocycles. The van der Waals surface area contributed by atoms with Gasteiger partial charge in [0, 0.05) is 0 Å². The van der Waals surface area contributed by atoms with Gasteiger partial charge in [-0.15, -0.1) is 0 Å². The fourth-order valence-corrected chi connectivity index (χ4v) is 1.07. The number of carbonyl (C=O) groups is 1.